The minimum atomic E-state index is -1.01. The zero-order valence-electron chi connectivity index (χ0n) is 9.62. The first-order chi connectivity index (χ1) is 8.39. The molecule has 0 radical (unpaired) electrons. The van der Waals surface area contributed by atoms with Crippen LogP contribution in [0.4, 0.5) is 8.78 Å². The third-order valence-corrected chi connectivity index (χ3v) is 4.50. The average Bonchev–Trinajstić information content (AvgIpc) is 2.16. The Balaban J connectivity index is 1.82. The minimum Gasteiger partial charge on any atom is -0.480 e. The molecule has 0 spiro atoms. The van der Waals surface area contributed by atoms with Crippen LogP contribution in [-0.4, -0.2) is 17.1 Å². The minimum absolute atomic E-state index is 0.315. The highest BCUT2D eigenvalue weighted by Crippen LogP contribution is 2.74. The van der Waals surface area contributed by atoms with Crippen molar-refractivity contribution in [3.8, 4) is 0 Å². The van der Waals surface area contributed by atoms with E-state index < -0.39 is 23.6 Å². The lowest BCUT2D eigenvalue weighted by atomic mass is 9.31. The summed E-state index contributed by atoms with van der Waals surface area (Å²) in [7, 11) is 0. The Labute approximate surface area is 103 Å². The highest BCUT2D eigenvalue weighted by Gasteiger charge is 2.72. The lowest BCUT2D eigenvalue weighted by Crippen LogP contribution is -2.72. The van der Waals surface area contributed by atoms with Gasteiger partial charge in [0.25, 0.3) is 0 Å². The molecule has 3 fully saturated rings. The summed E-state index contributed by atoms with van der Waals surface area (Å²) in [6, 6.07) is 2.69. The van der Waals surface area contributed by atoms with Crippen LogP contribution in [0, 0.1) is 17.0 Å². The van der Waals surface area contributed by atoms with Crippen LogP contribution in [-0.2, 0) is 10.2 Å². The predicted octanol–water partition coefficient (Wildman–Crippen LogP) is 1.80. The Morgan fingerprint density at radius 2 is 1.94 bits per heavy atom. The van der Waals surface area contributed by atoms with E-state index in [2.05, 4.69) is 0 Å². The third-order valence-electron chi connectivity index (χ3n) is 4.50. The van der Waals surface area contributed by atoms with Crippen molar-refractivity contribution in [1.29, 1.82) is 0 Å². The summed E-state index contributed by atoms with van der Waals surface area (Å²) >= 11 is 0. The zero-order valence-corrected chi connectivity index (χ0v) is 9.62. The van der Waals surface area contributed by atoms with Gasteiger partial charge in [-0.2, -0.15) is 0 Å². The Morgan fingerprint density at radius 3 is 2.44 bits per heavy atom. The first-order valence-corrected chi connectivity index (χ1v) is 5.83. The molecule has 3 aliphatic carbocycles. The number of nitrogens with two attached hydrogens (primary N) is 1. The molecule has 0 aromatic heterocycles. The fourth-order valence-electron chi connectivity index (χ4n) is 3.66. The number of carboxylic acid groups (broad SMARTS) is 1. The second kappa shape index (κ2) is 3.29. The normalized spacial score (nSPS) is 34.4. The van der Waals surface area contributed by atoms with Crippen molar-refractivity contribution < 1.29 is 18.7 Å². The summed E-state index contributed by atoms with van der Waals surface area (Å²) in [4.78, 5) is 10.9. The van der Waals surface area contributed by atoms with Crippen LogP contribution in [0.3, 0.4) is 0 Å². The molecule has 3 saturated carbocycles. The van der Waals surface area contributed by atoms with Crippen molar-refractivity contribution in [2.45, 2.75) is 30.7 Å². The van der Waals surface area contributed by atoms with E-state index in [4.69, 9.17) is 10.8 Å². The molecule has 1 atom stereocenters. The van der Waals surface area contributed by atoms with Gasteiger partial charge in [0.05, 0.1) is 0 Å². The number of carboxylic acids is 1. The van der Waals surface area contributed by atoms with Crippen LogP contribution in [0.1, 0.15) is 24.8 Å². The van der Waals surface area contributed by atoms with Gasteiger partial charge >= 0.3 is 5.97 Å². The Kier molecular flexibility index (Phi) is 2.12. The van der Waals surface area contributed by atoms with Gasteiger partial charge in [-0.3, -0.25) is 4.79 Å². The summed E-state index contributed by atoms with van der Waals surface area (Å²) < 4.78 is 26.5. The van der Waals surface area contributed by atoms with Gasteiger partial charge in [0.15, 0.2) is 0 Å². The third kappa shape index (κ3) is 1.28. The van der Waals surface area contributed by atoms with Gasteiger partial charge in [-0.25, -0.2) is 8.78 Å². The molecule has 96 valence electrons. The van der Waals surface area contributed by atoms with Gasteiger partial charge in [0.2, 0.25) is 0 Å². The Hall–Kier alpha value is -1.49. The SMILES string of the molecule is NC(C(=O)O)C12CC(c3ccc(F)cc3F)(C1)C2. The summed E-state index contributed by atoms with van der Waals surface area (Å²) in [6.07, 6.45) is 1.74. The molecule has 3 nitrogen and oxygen atoms in total. The number of aliphatic carboxylic acids is 1. The predicted molar refractivity (Wildman–Crippen MR) is 59.9 cm³/mol. The molecule has 5 heteroatoms. The fraction of sp³-hybridized carbons (Fsp3) is 0.462. The van der Waals surface area contributed by atoms with Gasteiger partial charge in [-0.05, 0) is 36.3 Å². The van der Waals surface area contributed by atoms with Crippen LogP contribution in [0.2, 0.25) is 0 Å². The zero-order chi connectivity index (χ0) is 13.1. The lowest BCUT2D eigenvalue weighted by molar-refractivity contribution is -0.179. The van der Waals surface area contributed by atoms with Gasteiger partial charge in [0.1, 0.15) is 17.7 Å². The van der Waals surface area contributed by atoms with Crippen LogP contribution in [0.15, 0.2) is 18.2 Å². The summed E-state index contributed by atoms with van der Waals surface area (Å²) in [5.41, 5.74) is 5.43. The first kappa shape index (κ1) is 11.6. The van der Waals surface area contributed by atoms with E-state index in [0.717, 1.165) is 6.07 Å². The number of hydrogen-bond donors (Lipinski definition) is 2. The second-order valence-corrected chi connectivity index (χ2v) is 5.61. The summed E-state index contributed by atoms with van der Waals surface area (Å²) in [5, 5.41) is 8.90. The van der Waals surface area contributed by atoms with Gasteiger partial charge < -0.3 is 10.8 Å². The van der Waals surface area contributed by atoms with Gasteiger partial charge in [-0.15, -0.1) is 0 Å². The van der Waals surface area contributed by atoms with E-state index in [0.29, 0.717) is 24.8 Å². The van der Waals surface area contributed by atoms with E-state index in [9.17, 15) is 13.6 Å². The topological polar surface area (TPSA) is 63.3 Å². The van der Waals surface area contributed by atoms with Crippen molar-refractivity contribution in [2.75, 3.05) is 0 Å². The first-order valence-electron chi connectivity index (χ1n) is 5.83. The second-order valence-electron chi connectivity index (χ2n) is 5.61. The molecule has 1 aromatic rings. The van der Waals surface area contributed by atoms with Crippen molar-refractivity contribution in [2.24, 2.45) is 11.1 Å². The van der Waals surface area contributed by atoms with E-state index in [1.165, 1.54) is 12.1 Å². The average molecular weight is 253 g/mol. The highest BCUT2D eigenvalue weighted by atomic mass is 19.1. The summed E-state index contributed by atoms with van der Waals surface area (Å²) in [6.45, 7) is 0. The standard InChI is InChI=1S/C13H13F2NO2/c14-7-1-2-8(9(15)3-7)12-4-13(5-12,6-12)10(16)11(17)18/h1-3,10H,4-6,16H2,(H,17,18). The van der Waals surface area contributed by atoms with Crippen LogP contribution in [0.5, 0.6) is 0 Å². The van der Waals surface area contributed by atoms with Crippen LogP contribution < -0.4 is 5.73 Å². The molecular formula is C13H13F2NO2. The maximum absolute atomic E-state index is 13.7. The van der Waals surface area contributed by atoms with Crippen molar-refractivity contribution >= 4 is 5.97 Å². The molecule has 1 unspecified atom stereocenters. The quantitative estimate of drug-likeness (QED) is 0.863. The van der Waals surface area contributed by atoms with Gasteiger partial charge in [-0.1, -0.05) is 6.07 Å². The Bertz CT molecular complexity index is 524. The highest BCUT2D eigenvalue weighted by molar-refractivity contribution is 5.76. The molecule has 0 saturated heterocycles. The molecular weight excluding hydrogens is 240 g/mol. The molecule has 4 rings (SSSR count). The maximum atomic E-state index is 13.7. The van der Waals surface area contributed by atoms with Crippen LogP contribution >= 0.6 is 0 Å². The van der Waals surface area contributed by atoms with Gasteiger partial charge in [0, 0.05) is 11.5 Å². The Morgan fingerprint density at radius 1 is 1.33 bits per heavy atom. The molecule has 1 aromatic carbocycles. The van der Waals surface area contributed by atoms with Crippen molar-refractivity contribution in [1.82, 2.24) is 0 Å². The lowest BCUT2D eigenvalue weighted by Gasteiger charge is -2.72. The van der Waals surface area contributed by atoms with E-state index in [1.54, 1.807) is 0 Å². The van der Waals surface area contributed by atoms with Crippen molar-refractivity contribution in [3.63, 3.8) is 0 Å². The van der Waals surface area contributed by atoms with Crippen LogP contribution in [0.25, 0.3) is 0 Å². The van der Waals surface area contributed by atoms with Crippen molar-refractivity contribution in [3.05, 3.63) is 35.4 Å². The molecule has 2 bridgehead atoms. The van der Waals surface area contributed by atoms with E-state index in [1.807, 2.05) is 0 Å². The molecule has 0 amide bonds. The molecule has 0 aliphatic heterocycles. The number of benzene rings is 1. The smallest absolute Gasteiger partial charge is 0.321 e. The maximum Gasteiger partial charge on any atom is 0.321 e. The van der Waals surface area contributed by atoms with E-state index in [-0.39, 0.29) is 10.8 Å². The fourth-order valence-corrected chi connectivity index (χ4v) is 3.66. The number of halogens is 2. The number of hydrogen-bond acceptors (Lipinski definition) is 2. The summed E-state index contributed by atoms with van der Waals surface area (Å²) in [5.74, 6) is -2.16. The molecule has 0 heterocycles. The number of carbonyl (C=O) groups is 1. The molecule has 3 aliphatic rings. The number of rotatable bonds is 3. The van der Waals surface area contributed by atoms with E-state index >= 15 is 0 Å². The molecule has 3 N–H and O–H groups in total. The largest absolute Gasteiger partial charge is 0.480 e. The monoisotopic (exact) mass is 253 g/mol. The molecule has 18 heavy (non-hydrogen) atoms.